The summed E-state index contributed by atoms with van der Waals surface area (Å²) >= 11 is 12.1. The molecule has 0 aliphatic carbocycles. The summed E-state index contributed by atoms with van der Waals surface area (Å²) in [6.07, 6.45) is 1.56. The fourth-order valence-electron chi connectivity index (χ4n) is 3.87. The van der Waals surface area contributed by atoms with Gasteiger partial charge in [0.25, 0.3) is 11.8 Å². The summed E-state index contributed by atoms with van der Waals surface area (Å²) in [6.45, 7) is 1.32. The number of ether oxygens (including phenoxy) is 1. The van der Waals surface area contributed by atoms with Crippen molar-refractivity contribution < 1.29 is 18.7 Å². The third-order valence-corrected chi connectivity index (χ3v) is 6.35. The minimum absolute atomic E-state index is 0.0692. The van der Waals surface area contributed by atoms with Crippen molar-refractivity contribution in [2.45, 2.75) is 6.92 Å². The molecule has 0 saturated carbocycles. The number of halogens is 3. The van der Waals surface area contributed by atoms with Crippen LogP contribution in [0, 0.1) is 12.7 Å². The molecule has 190 valence electrons. The van der Waals surface area contributed by atoms with Crippen molar-refractivity contribution in [3.8, 4) is 5.88 Å². The average molecular weight is 549 g/mol. The highest BCUT2D eigenvalue weighted by Gasteiger charge is 2.33. The normalized spacial score (nSPS) is 14.2. The van der Waals surface area contributed by atoms with Crippen LogP contribution >= 0.6 is 23.2 Å². The predicted molar refractivity (Wildman–Crippen MR) is 144 cm³/mol. The van der Waals surface area contributed by atoms with Crippen LogP contribution < -0.4 is 10.2 Å². The smallest absolute Gasteiger partial charge is 0.297 e. The minimum atomic E-state index is -0.613. The molecule has 0 spiro atoms. The number of hydrazine groups is 1. The summed E-state index contributed by atoms with van der Waals surface area (Å²) in [5.74, 6) is -1.30. The molecule has 1 aliphatic rings. The number of nitrogens with zero attached hydrogens (tertiary/aromatic N) is 3. The number of carbonyl (C=O) groups excluding carboxylic acids is 2. The summed E-state index contributed by atoms with van der Waals surface area (Å²) in [7, 11) is 0. The van der Waals surface area contributed by atoms with Gasteiger partial charge in [0.1, 0.15) is 11.5 Å². The van der Waals surface area contributed by atoms with Crippen LogP contribution in [0.15, 0.2) is 83.5 Å². The number of aliphatic imine (C=N–C) groups is 1. The van der Waals surface area contributed by atoms with Crippen molar-refractivity contribution in [2.75, 3.05) is 6.61 Å². The van der Waals surface area contributed by atoms with E-state index in [1.165, 1.54) is 12.1 Å². The highest BCUT2D eigenvalue weighted by atomic mass is 35.5. The van der Waals surface area contributed by atoms with Gasteiger partial charge in [-0.25, -0.2) is 14.4 Å². The molecule has 2 heterocycles. The van der Waals surface area contributed by atoms with Crippen LogP contribution in [0.25, 0.3) is 17.0 Å². The number of amidine groups is 1. The molecular formula is C28H19Cl2FN4O3. The first-order chi connectivity index (χ1) is 18.3. The number of fused-ring (bicyclic) bond motifs is 1. The van der Waals surface area contributed by atoms with E-state index in [1.807, 2.05) is 6.07 Å². The van der Waals surface area contributed by atoms with Crippen LogP contribution in [-0.4, -0.2) is 34.2 Å². The van der Waals surface area contributed by atoms with E-state index in [4.69, 9.17) is 27.9 Å². The molecule has 5 rings (SSSR count). The molecule has 0 bridgehead atoms. The van der Waals surface area contributed by atoms with Gasteiger partial charge >= 0.3 is 0 Å². The molecular weight excluding hydrogens is 530 g/mol. The maximum atomic E-state index is 13.8. The Balaban J connectivity index is 1.36. The number of nitrogens with one attached hydrogen (secondary N) is 1. The third kappa shape index (κ3) is 5.22. The van der Waals surface area contributed by atoms with E-state index >= 15 is 0 Å². The molecule has 1 aliphatic heterocycles. The lowest BCUT2D eigenvalue weighted by atomic mass is 10.1. The van der Waals surface area contributed by atoms with Crippen LogP contribution in [0.2, 0.25) is 10.0 Å². The van der Waals surface area contributed by atoms with Gasteiger partial charge in [-0.05, 0) is 42.3 Å². The first kappa shape index (κ1) is 25.4. The lowest BCUT2D eigenvalue weighted by Crippen LogP contribution is -2.49. The van der Waals surface area contributed by atoms with Crippen LogP contribution in [0.1, 0.15) is 16.7 Å². The number of amides is 2. The Morgan fingerprint density at radius 1 is 1.05 bits per heavy atom. The fourth-order valence-corrected chi connectivity index (χ4v) is 4.22. The summed E-state index contributed by atoms with van der Waals surface area (Å²) in [4.78, 5) is 34.9. The molecule has 0 fully saturated rings. The van der Waals surface area contributed by atoms with E-state index in [0.29, 0.717) is 32.6 Å². The summed E-state index contributed by atoms with van der Waals surface area (Å²) in [5, 5.41) is 2.04. The number of pyridine rings is 1. The second-order valence-electron chi connectivity index (χ2n) is 8.38. The average Bonchev–Trinajstić information content (AvgIpc) is 3.20. The second kappa shape index (κ2) is 10.6. The Bertz CT molecular complexity index is 1640. The Morgan fingerprint density at radius 2 is 1.79 bits per heavy atom. The number of rotatable bonds is 6. The van der Waals surface area contributed by atoms with E-state index in [2.05, 4.69) is 15.4 Å². The zero-order valence-electron chi connectivity index (χ0n) is 19.9. The number of aromatic nitrogens is 1. The molecule has 3 aromatic carbocycles. The topological polar surface area (TPSA) is 83.9 Å². The zero-order valence-corrected chi connectivity index (χ0v) is 21.4. The standard InChI is InChI=1S/C28H19Cl2FN4O3/c1-16-11-26(32-23-14-21(30)22(31)13-19(16)23)38-15-25(36)34-35-27(17-7-3-2-4-8-17)33-24(28(35)37)12-18-9-5-6-10-20(18)29/h2-14H,15H2,1H3,(H,34,36)/b24-12+. The predicted octanol–water partition coefficient (Wildman–Crippen LogP) is 5.73. The van der Waals surface area contributed by atoms with Gasteiger partial charge in [-0.1, -0.05) is 71.7 Å². The Morgan fingerprint density at radius 3 is 2.55 bits per heavy atom. The second-order valence-corrected chi connectivity index (χ2v) is 9.19. The van der Waals surface area contributed by atoms with Crippen LogP contribution in [0.4, 0.5) is 4.39 Å². The molecule has 10 heteroatoms. The van der Waals surface area contributed by atoms with E-state index in [1.54, 1.807) is 67.6 Å². The maximum Gasteiger partial charge on any atom is 0.297 e. The van der Waals surface area contributed by atoms with Gasteiger partial charge in [0.05, 0.1) is 10.5 Å². The lowest BCUT2D eigenvalue weighted by Gasteiger charge is -2.19. The summed E-state index contributed by atoms with van der Waals surface area (Å²) < 4.78 is 19.4. The van der Waals surface area contributed by atoms with Crippen molar-refractivity contribution >= 4 is 57.8 Å². The van der Waals surface area contributed by atoms with Crippen molar-refractivity contribution in [1.82, 2.24) is 15.4 Å². The van der Waals surface area contributed by atoms with E-state index in [-0.39, 0.29) is 22.4 Å². The molecule has 1 aromatic heterocycles. The molecule has 4 aromatic rings. The largest absolute Gasteiger partial charge is 0.467 e. The van der Waals surface area contributed by atoms with Gasteiger partial charge in [-0.3, -0.25) is 15.0 Å². The molecule has 0 unspecified atom stereocenters. The van der Waals surface area contributed by atoms with Gasteiger partial charge in [0.15, 0.2) is 12.4 Å². The van der Waals surface area contributed by atoms with Gasteiger partial charge in [-0.15, -0.1) is 0 Å². The Kier molecular flexibility index (Phi) is 7.09. The van der Waals surface area contributed by atoms with E-state index < -0.39 is 24.2 Å². The summed E-state index contributed by atoms with van der Waals surface area (Å²) in [5.41, 5.74) is 5.03. The van der Waals surface area contributed by atoms with E-state index in [0.717, 1.165) is 5.01 Å². The van der Waals surface area contributed by atoms with Crippen LogP contribution in [0.5, 0.6) is 5.88 Å². The van der Waals surface area contributed by atoms with Crippen molar-refractivity contribution in [3.63, 3.8) is 0 Å². The molecule has 7 nitrogen and oxygen atoms in total. The molecule has 38 heavy (non-hydrogen) atoms. The zero-order chi connectivity index (χ0) is 26.8. The van der Waals surface area contributed by atoms with Gasteiger partial charge in [0.2, 0.25) is 5.88 Å². The highest BCUT2D eigenvalue weighted by Crippen LogP contribution is 2.27. The first-order valence-corrected chi connectivity index (χ1v) is 12.2. The van der Waals surface area contributed by atoms with Crippen LogP contribution in [0.3, 0.4) is 0 Å². The Labute approximate surface area is 227 Å². The van der Waals surface area contributed by atoms with Crippen molar-refractivity contribution in [2.24, 2.45) is 4.99 Å². The monoisotopic (exact) mass is 548 g/mol. The van der Waals surface area contributed by atoms with Gasteiger partial charge < -0.3 is 4.74 Å². The summed E-state index contributed by atoms with van der Waals surface area (Å²) in [6, 6.07) is 20.3. The SMILES string of the molecule is Cc1cc(OCC(=O)NN2C(=O)/C(=C\c3ccccc3Cl)N=C2c2ccccc2)nc2cc(Cl)c(F)cc12. The fraction of sp³-hybridized carbons (Fsp3) is 0.0714. The van der Waals surface area contributed by atoms with Crippen molar-refractivity contribution in [3.05, 3.63) is 111 Å². The molecule has 0 atom stereocenters. The quantitative estimate of drug-likeness (QED) is 0.312. The number of benzene rings is 3. The number of carbonyl (C=O) groups is 2. The third-order valence-electron chi connectivity index (χ3n) is 5.71. The Hall–Kier alpha value is -4.27. The minimum Gasteiger partial charge on any atom is -0.467 e. The van der Waals surface area contributed by atoms with Crippen LogP contribution in [-0.2, 0) is 9.59 Å². The molecule has 0 saturated heterocycles. The van der Waals surface area contributed by atoms with Gasteiger partial charge in [-0.2, -0.15) is 5.01 Å². The lowest BCUT2D eigenvalue weighted by molar-refractivity contribution is -0.134. The molecule has 2 amide bonds. The molecule has 0 radical (unpaired) electrons. The molecule has 1 N–H and O–H groups in total. The number of hydrogen-bond donors (Lipinski definition) is 1. The first-order valence-electron chi connectivity index (χ1n) is 11.4. The number of hydrogen-bond acceptors (Lipinski definition) is 5. The number of aryl methyl sites for hydroxylation is 1. The maximum absolute atomic E-state index is 13.8. The van der Waals surface area contributed by atoms with Gasteiger partial charge in [0, 0.05) is 22.0 Å². The highest BCUT2D eigenvalue weighted by molar-refractivity contribution is 6.32. The van der Waals surface area contributed by atoms with E-state index in [9.17, 15) is 14.0 Å². The van der Waals surface area contributed by atoms with Crippen molar-refractivity contribution in [1.29, 1.82) is 0 Å².